The third-order valence-electron chi connectivity index (χ3n) is 3.96. The molecule has 0 unspecified atom stereocenters. The quantitative estimate of drug-likeness (QED) is 0.899. The molecule has 1 atom stereocenters. The van der Waals surface area contributed by atoms with Gasteiger partial charge in [0.25, 0.3) is 0 Å². The van der Waals surface area contributed by atoms with Gasteiger partial charge in [0.15, 0.2) is 0 Å². The Morgan fingerprint density at radius 3 is 3.10 bits per heavy atom. The van der Waals surface area contributed by atoms with E-state index in [-0.39, 0.29) is 5.91 Å². The SMILES string of the molecule is C[C@@H]1CN(C(=O)CCCc2nc3ccccc3[nH]2)CCN1. The highest BCUT2D eigenvalue weighted by molar-refractivity contribution is 5.76. The van der Waals surface area contributed by atoms with Crippen LogP contribution in [0.25, 0.3) is 11.0 Å². The van der Waals surface area contributed by atoms with Gasteiger partial charge in [0.1, 0.15) is 5.82 Å². The van der Waals surface area contributed by atoms with Crippen LogP contribution in [-0.4, -0.2) is 46.5 Å². The van der Waals surface area contributed by atoms with E-state index in [1.165, 1.54) is 0 Å². The Bertz CT molecular complexity index is 589. The zero-order valence-corrected chi connectivity index (χ0v) is 12.4. The minimum atomic E-state index is 0.263. The standard InChI is InChI=1S/C16H22N4O/c1-12-11-20(10-9-17-12)16(21)8-4-7-15-18-13-5-2-3-6-14(13)19-15/h2-3,5-6,12,17H,4,7-11H2,1H3,(H,18,19)/t12-/m1/s1. The summed E-state index contributed by atoms with van der Waals surface area (Å²) in [6.07, 6.45) is 2.27. The van der Waals surface area contributed by atoms with E-state index in [0.717, 1.165) is 49.3 Å². The lowest BCUT2D eigenvalue weighted by Crippen LogP contribution is -2.51. The first-order valence-corrected chi connectivity index (χ1v) is 7.67. The molecule has 2 aromatic rings. The van der Waals surface area contributed by atoms with Gasteiger partial charge in [-0.3, -0.25) is 4.79 Å². The summed E-state index contributed by atoms with van der Waals surface area (Å²) >= 11 is 0. The van der Waals surface area contributed by atoms with Gasteiger partial charge in [0, 0.05) is 38.5 Å². The lowest BCUT2D eigenvalue weighted by molar-refractivity contribution is -0.132. The number of carbonyl (C=O) groups excluding carboxylic acids is 1. The maximum Gasteiger partial charge on any atom is 0.222 e. The van der Waals surface area contributed by atoms with Crippen molar-refractivity contribution in [2.75, 3.05) is 19.6 Å². The smallest absolute Gasteiger partial charge is 0.222 e. The van der Waals surface area contributed by atoms with E-state index in [9.17, 15) is 4.79 Å². The Labute approximate surface area is 124 Å². The Kier molecular flexibility index (Phi) is 4.20. The average molecular weight is 286 g/mol. The highest BCUT2D eigenvalue weighted by Crippen LogP contribution is 2.12. The van der Waals surface area contributed by atoms with E-state index in [2.05, 4.69) is 22.2 Å². The summed E-state index contributed by atoms with van der Waals surface area (Å²) in [5, 5.41) is 3.35. The number of para-hydroxylation sites is 2. The van der Waals surface area contributed by atoms with Crippen molar-refractivity contribution < 1.29 is 4.79 Å². The topological polar surface area (TPSA) is 61.0 Å². The normalized spacial score (nSPS) is 19.1. The van der Waals surface area contributed by atoms with Crippen molar-refractivity contribution in [2.45, 2.75) is 32.2 Å². The van der Waals surface area contributed by atoms with Crippen molar-refractivity contribution in [1.29, 1.82) is 0 Å². The number of fused-ring (bicyclic) bond motifs is 1. The largest absolute Gasteiger partial charge is 0.342 e. The number of aromatic amines is 1. The van der Waals surface area contributed by atoms with Crippen molar-refractivity contribution in [1.82, 2.24) is 20.2 Å². The number of aromatic nitrogens is 2. The highest BCUT2D eigenvalue weighted by atomic mass is 16.2. The molecule has 5 nitrogen and oxygen atoms in total. The monoisotopic (exact) mass is 286 g/mol. The number of amides is 1. The van der Waals surface area contributed by atoms with E-state index in [4.69, 9.17) is 0 Å². The lowest BCUT2D eigenvalue weighted by Gasteiger charge is -2.32. The third kappa shape index (κ3) is 3.42. The number of piperazine rings is 1. The molecule has 1 aromatic carbocycles. The van der Waals surface area contributed by atoms with Crippen molar-refractivity contribution in [3.05, 3.63) is 30.1 Å². The Morgan fingerprint density at radius 2 is 2.29 bits per heavy atom. The fourth-order valence-electron chi connectivity index (χ4n) is 2.85. The Morgan fingerprint density at radius 1 is 1.43 bits per heavy atom. The first-order valence-electron chi connectivity index (χ1n) is 7.67. The summed E-state index contributed by atoms with van der Waals surface area (Å²) in [7, 11) is 0. The summed E-state index contributed by atoms with van der Waals surface area (Å²) in [4.78, 5) is 22.0. The zero-order valence-electron chi connectivity index (χ0n) is 12.4. The number of hydrogen-bond acceptors (Lipinski definition) is 3. The van der Waals surface area contributed by atoms with E-state index < -0.39 is 0 Å². The molecule has 2 N–H and O–H groups in total. The fraction of sp³-hybridized carbons (Fsp3) is 0.500. The molecule has 112 valence electrons. The van der Waals surface area contributed by atoms with Crippen LogP contribution in [-0.2, 0) is 11.2 Å². The molecular formula is C16H22N4O. The second-order valence-corrected chi connectivity index (χ2v) is 5.75. The first kappa shape index (κ1) is 14.1. The van der Waals surface area contributed by atoms with Crippen LogP contribution in [0, 0.1) is 0 Å². The van der Waals surface area contributed by atoms with Gasteiger partial charge in [-0.15, -0.1) is 0 Å². The minimum Gasteiger partial charge on any atom is -0.342 e. The summed E-state index contributed by atoms with van der Waals surface area (Å²) in [5.41, 5.74) is 2.06. The van der Waals surface area contributed by atoms with Crippen LogP contribution in [0.15, 0.2) is 24.3 Å². The summed E-state index contributed by atoms with van der Waals surface area (Å²) in [6.45, 7) is 4.67. The van der Waals surface area contributed by atoms with Crippen LogP contribution in [0.2, 0.25) is 0 Å². The van der Waals surface area contributed by atoms with E-state index in [0.29, 0.717) is 12.5 Å². The summed E-state index contributed by atoms with van der Waals surface area (Å²) in [6, 6.07) is 8.42. The number of benzene rings is 1. The zero-order chi connectivity index (χ0) is 14.7. The van der Waals surface area contributed by atoms with Crippen LogP contribution in [0.1, 0.15) is 25.6 Å². The van der Waals surface area contributed by atoms with Crippen molar-refractivity contribution in [2.24, 2.45) is 0 Å². The molecule has 21 heavy (non-hydrogen) atoms. The number of carbonyl (C=O) groups is 1. The van der Waals surface area contributed by atoms with Gasteiger partial charge in [-0.2, -0.15) is 0 Å². The van der Waals surface area contributed by atoms with E-state index >= 15 is 0 Å². The first-order chi connectivity index (χ1) is 10.2. The summed E-state index contributed by atoms with van der Waals surface area (Å²) < 4.78 is 0. The van der Waals surface area contributed by atoms with Crippen molar-refractivity contribution in [3.8, 4) is 0 Å². The predicted octanol–water partition coefficient (Wildman–Crippen LogP) is 1.71. The molecule has 5 heteroatoms. The van der Waals surface area contributed by atoms with Gasteiger partial charge in [0.2, 0.25) is 5.91 Å². The molecule has 1 saturated heterocycles. The summed E-state index contributed by atoms with van der Waals surface area (Å²) in [5.74, 6) is 1.23. The molecule has 0 aliphatic carbocycles. The number of hydrogen-bond donors (Lipinski definition) is 2. The molecule has 0 spiro atoms. The number of rotatable bonds is 4. The van der Waals surface area contributed by atoms with Gasteiger partial charge in [0.05, 0.1) is 11.0 Å². The van der Waals surface area contributed by atoms with E-state index in [1.807, 2.05) is 29.2 Å². The second kappa shape index (κ2) is 6.26. The molecule has 1 aromatic heterocycles. The van der Waals surface area contributed by atoms with Crippen LogP contribution in [0.5, 0.6) is 0 Å². The number of imidazole rings is 1. The van der Waals surface area contributed by atoms with Gasteiger partial charge in [-0.25, -0.2) is 4.98 Å². The maximum absolute atomic E-state index is 12.2. The average Bonchev–Trinajstić information content (AvgIpc) is 2.89. The van der Waals surface area contributed by atoms with Gasteiger partial charge >= 0.3 is 0 Å². The maximum atomic E-state index is 12.2. The second-order valence-electron chi connectivity index (χ2n) is 5.75. The molecule has 1 aliphatic rings. The molecular weight excluding hydrogens is 264 g/mol. The molecule has 0 saturated carbocycles. The fourth-order valence-corrected chi connectivity index (χ4v) is 2.85. The number of aryl methyl sites for hydroxylation is 1. The lowest BCUT2D eigenvalue weighted by atomic mass is 10.2. The van der Waals surface area contributed by atoms with Gasteiger partial charge in [-0.05, 0) is 25.5 Å². The van der Waals surface area contributed by atoms with Crippen molar-refractivity contribution in [3.63, 3.8) is 0 Å². The van der Waals surface area contributed by atoms with Gasteiger partial charge < -0.3 is 15.2 Å². The van der Waals surface area contributed by atoms with E-state index in [1.54, 1.807) is 0 Å². The molecule has 0 bridgehead atoms. The van der Waals surface area contributed by atoms with Crippen LogP contribution >= 0.6 is 0 Å². The van der Waals surface area contributed by atoms with Crippen LogP contribution < -0.4 is 5.32 Å². The highest BCUT2D eigenvalue weighted by Gasteiger charge is 2.19. The van der Waals surface area contributed by atoms with Gasteiger partial charge in [-0.1, -0.05) is 12.1 Å². The molecule has 0 radical (unpaired) electrons. The molecule has 1 amide bonds. The third-order valence-corrected chi connectivity index (χ3v) is 3.96. The molecule has 1 aliphatic heterocycles. The minimum absolute atomic E-state index is 0.263. The molecule has 3 rings (SSSR count). The van der Waals surface area contributed by atoms with Crippen LogP contribution in [0.4, 0.5) is 0 Å². The Balaban J connectivity index is 1.50. The van der Waals surface area contributed by atoms with Crippen molar-refractivity contribution >= 4 is 16.9 Å². The Hall–Kier alpha value is -1.88. The molecule has 1 fully saturated rings. The predicted molar refractivity (Wildman–Crippen MR) is 83.1 cm³/mol. The number of nitrogens with one attached hydrogen (secondary N) is 2. The number of nitrogens with zero attached hydrogens (tertiary/aromatic N) is 2. The number of H-pyrrole nitrogens is 1. The van der Waals surface area contributed by atoms with Crippen LogP contribution in [0.3, 0.4) is 0 Å². The molecule has 2 heterocycles.